The van der Waals surface area contributed by atoms with Gasteiger partial charge in [-0.3, -0.25) is 22.1 Å². The van der Waals surface area contributed by atoms with E-state index in [9.17, 15) is 0 Å². The van der Waals surface area contributed by atoms with Crippen LogP contribution in [0.25, 0.3) is 34.4 Å². The van der Waals surface area contributed by atoms with Crippen molar-refractivity contribution < 1.29 is 51.0 Å². The predicted octanol–water partition coefficient (Wildman–Crippen LogP) is 7.67. The summed E-state index contributed by atoms with van der Waals surface area (Å²) in [6.07, 6.45) is 27.9. The molecule has 0 aliphatic heterocycles. The molecule has 6 aromatic rings. The van der Waals surface area contributed by atoms with Gasteiger partial charge in [0.2, 0.25) is 0 Å². The number of benzene rings is 4. The molecule has 2 heterocycles. The molecule has 2 aliphatic rings. The van der Waals surface area contributed by atoms with Gasteiger partial charge in [0.1, 0.15) is 0 Å². The molecule has 0 bridgehead atoms. The Labute approximate surface area is 373 Å². The summed E-state index contributed by atoms with van der Waals surface area (Å²) in [5.74, 6) is 0.276. The Morgan fingerprint density at radius 2 is 0.877 bits per heavy atom. The largest absolute Gasteiger partial charge is 4.00 e. The first kappa shape index (κ1) is 45.8. The number of pyridine rings is 2. The van der Waals surface area contributed by atoms with Gasteiger partial charge in [0.15, 0.2) is 0 Å². The van der Waals surface area contributed by atoms with Crippen LogP contribution in [0.4, 0.5) is 0 Å². The third-order valence-corrected chi connectivity index (χ3v) is 10.8. The van der Waals surface area contributed by atoms with Crippen LogP contribution in [-0.2, 0) is 39.0 Å². The quantitative estimate of drug-likeness (QED) is 0.0831. The Morgan fingerprint density at radius 1 is 0.456 bits per heavy atom. The number of unbranched alkanes of at least 4 members (excludes halogenated alkanes) is 6. The zero-order valence-corrected chi connectivity index (χ0v) is 37.2. The van der Waals surface area contributed by atoms with Gasteiger partial charge >= 0.3 is 26.2 Å². The molecule has 0 radical (unpaired) electrons. The van der Waals surface area contributed by atoms with Crippen molar-refractivity contribution in [2.45, 2.75) is 89.9 Å². The molecule has 288 valence electrons. The summed E-state index contributed by atoms with van der Waals surface area (Å²) in [6, 6.07) is 43.6. The normalized spacial score (nSPS) is 14.3. The van der Waals surface area contributed by atoms with Gasteiger partial charge in [0.05, 0.1) is 0 Å². The smallest absolute Gasteiger partial charge is 1.00 e. The fraction of sp³-hybridized carbons (Fsp3) is 0.269. The summed E-state index contributed by atoms with van der Waals surface area (Å²) in [4.78, 5) is 9.07. The first-order chi connectivity index (χ1) is 26.7. The van der Waals surface area contributed by atoms with E-state index in [4.69, 9.17) is 0 Å². The van der Waals surface area contributed by atoms with Crippen molar-refractivity contribution >= 4 is 12.2 Å². The summed E-state index contributed by atoms with van der Waals surface area (Å²) in [7, 11) is 0. The van der Waals surface area contributed by atoms with Crippen molar-refractivity contribution in [3.63, 3.8) is 0 Å². The molecule has 0 saturated carbocycles. The zero-order chi connectivity index (χ0) is 37.0. The summed E-state index contributed by atoms with van der Waals surface area (Å²) < 4.78 is 0. The summed E-state index contributed by atoms with van der Waals surface area (Å²) in [5.41, 5.74) is 15.3. The second kappa shape index (κ2) is 23.5. The molecule has 2 aromatic heterocycles. The molecule has 0 N–H and O–H groups in total. The maximum Gasteiger partial charge on any atom is 4.00 e. The topological polar surface area (TPSA) is 25.8 Å². The second-order valence-electron chi connectivity index (χ2n) is 14.6. The molecule has 0 amide bonds. The minimum absolute atomic E-state index is 0. The number of hydrogen-bond acceptors (Lipinski definition) is 2. The van der Waals surface area contributed by atoms with Crippen LogP contribution in [0.15, 0.2) is 134 Å². The SMILES string of the molecule is CCCCCCc1ccc(-c2cccc3c2C=[C-]C3c2ccccn2)cc1.CCCCCCc1ccc(-c2cccc3c2C=[C-]C3c2ccccn2)cc1.[Cl-].[Cl-].[Zr+4]. The van der Waals surface area contributed by atoms with Crippen LogP contribution >= 0.6 is 0 Å². The third-order valence-electron chi connectivity index (χ3n) is 10.8. The van der Waals surface area contributed by atoms with Crippen molar-refractivity contribution in [1.29, 1.82) is 0 Å². The van der Waals surface area contributed by atoms with Gasteiger partial charge in [0.25, 0.3) is 0 Å². The molecule has 5 heteroatoms. The van der Waals surface area contributed by atoms with Gasteiger partial charge in [-0.2, -0.15) is 11.1 Å². The maximum atomic E-state index is 4.53. The van der Waals surface area contributed by atoms with Gasteiger partial charge in [-0.1, -0.05) is 161 Å². The monoisotopic (exact) mass is 864 g/mol. The Kier molecular flexibility index (Phi) is 18.9. The van der Waals surface area contributed by atoms with Crippen LogP contribution in [-0.4, -0.2) is 9.97 Å². The molecular weight excluding hydrogens is 815 g/mol. The molecule has 2 atom stereocenters. The van der Waals surface area contributed by atoms with Crippen LogP contribution in [0.1, 0.15) is 122 Å². The Hall–Kier alpha value is -3.88. The number of nitrogens with zero attached hydrogens (tertiary/aromatic N) is 2. The van der Waals surface area contributed by atoms with Crippen LogP contribution in [0.2, 0.25) is 0 Å². The Morgan fingerprint density at radius 3 is 1.25 bits per heavy atom. The standard InChI is InChI=1S/2C26H26N.2ClH.Zr/c2*1-2-3-4-5-9-20-13-15-21(16-14-20)22-10-8-11-23-24(22)17-18-25(23)26-12-6-7-19-27-26;;;/h2*6-8,10-17,19,25H,2-5,9H2,1H3;2*1H;/q2*-1;;;+4/p-2. The summed E-state index contributed by atoms with van der Waals surface area (Å²) >= 11 is 0. The fourth-order valence-electron chi connectivity index (χ4n) is 7.80. The van der Waals surface area contributed by atoms with Gasteiger partial charge in [-0.05, 0) is 84.0 Å². The molecule has 2 nitrogen and oxygen atoms in total. The molecule has 0 saturated heterocycles. The van der Waals surface area contributed by atoms with Gasteiger partial charge in [0, 0.05) is 23.8 Å². The van der Waals surface area contributed by atoms with Crippen LogP contribution in [0.3, 0.4) is 0 Å². The predicted molar refractivity (Wildman–Crippen MR) is 227 cm³/mol. The number of fused-ring (bicyclic) bond motifs is 2. The van der Waals surface area contributed by atoms with Gasteiger partial charge in [-0.15, -0.1) is 11.1 Å². The molecular formula is C52H52Cl2N2Zr. The number of aromatic nitrogens is 2. The molecule has 2 aliphatic carbocycles. The first-order valence-corrected chi connectivity index (χ1v) is 20.2. The van der Waals surface area contributed by atoms with Gasteiger partial charge < -0.3 is 24.8 Å². The Bertz CT molecular complexity index is 1990. The van der Waals surface area contributed by atoms with Crippen molar-refractivity contribution in [3.05, 3.63) is 191 Å². The van der Waals surface area contributed by atoms with E-state index in [1.807, 2.05) is 36.7 Å². The number of rotatable bonds is 14. The van der Waals surface area contributed by atoms with E-state index in [1.54, 1.807) is 0 Å². The number of halogens is 2. The van der Waals surface area contributed by atoms with E-state index in [1.165, 1.54) is 120 Å². The van der Waals surface area contributed by atoms with Crippen LogP contribution in [0, 0.1) is 12.2 Å². The van der Waals surface area contributed by atoms with Crippen molar-refractivity contribution in [1.82, 2.24) is 9.97 Å². The minimum atomic E-state index is 0. The van der Waals surface area contributed by atoms with Crippen molar-refractivity contribution in [2.24, 2.45) is 0 Å². The fourth-order valence-corrected chi connectivity index (χ4v) is 7.80. The summed E-state index contributed by atoms with van der Waals surface area (Å²) in [5, 5.41) is 0. The Balaban J connectivity index is 0.000000240. The minimum Gasteiger partial charge on any atom is -1.00 e. The van der Waals surface area contributed by atoms with E-state index in [2.05, 4.69) is 145 Å². The molecule has 0 fully saturated rings. The first-order valence-electron chi connectivity index (χ1n) is 20.2. The zero-order valence-electron chi connectivity index (χ0n) is 33.2. The second-order valence-corrected chi connectivity index (χ2v) is 14.6. The third kappa shape index (κ3) is 11.6. The van der Waals surface area contributed by atoms with Crippen molar-refractivity contribution in [3.8, 4) is 22.3 Å². The molecule has 2 unspecified atom stereocenters. The van der Waals surface area contributed by atoms with E-state index < -0.39 is 0 Å². The molecule has 0 spiro atoms. The van der Waals surface area contributed by atoms with E-state index in [0.29, 0.717) is 0 Å². The van der Waals surface area contributed by atoms with E-state index in [-0.39, 0.29) is 62.9 Å². The van der Waals surface area contributed by atoms with E-state index >= 15 is 0 Å². The van der Waals surface area contributed by atoms with Crippen molar-refractivity contribution in [2.75, 3.05) is 0 Å². The summed E-state index contributed by atoms with van der Waals surface area (Å²) in [6.45, 7) is 4.52. The number of hydrogen-bond donors (Lipinski definition) is 0. The van der Waals surface area contributed by atoms with Crippen LogP contribution < -0.4 is 24.8 Å². The molecule has 57 heavy (non-hydrogen) atoms. The molecule has 8 rings (SSSR count). The number of allylic oxidation sites excluding steroid dienone is 2. The van der Waals surface area contributed by atoms with Gasteiger partial charge in [-0.25, -0.2) is 12.2 Å². The van der Waals surface area contributed by atoms with E-state index in [0.717, 1.165) is 11.4 Å². The average molecular weight is 867 g/mol. The number of aryl methyl sites for hydroxylation is 2. The van der Waals surface area contributed by atoms with Crippen LogP contribution in [0.5, 0.6) is 0 Å². The average Bonchev–Trinajstić information content (AvgIpc) is 3.88. The maximum absolute atomic E-state index is 4.53. The molecule has 4 aromatic carbocycles.